The monoisotopic (exact) mass is 522 g/mol. The lowest BCUT2D eigenvalue weighted by Gasteiger charge is -2.33. The predicted molar refractivity (Wildman–Crippen MR) is 152 cm³/mol. The lowest BCUT2D eigenvalue weighted by atomic mass is 9.98. The summed E-state index contributed by atoms with van der Waals surface area (Å²) >= 11 is 7.27. The van der Waals surface area contributed by atoms with Gasteiger partial charge >= 0.3 is 0 Å². The minimum atomic E-state index is -0.000898. The smallest absolute Gasteiger partial charge is 0.273 e. The molecule has 0 radical (unpaired) electrons. The minimum Gasteiger partial charge on any atom is -0.378 e. The quantitative estimate of drug-likeness (QED) is 0.423. The topological polar surface area (TPSA) is 64.6 Å². The molecule has 0 spiro atoms. The maximum Gasteiger partial charge on any atom is 0.273 e. The van der Waals surface area contributed by atoms with Gasteiger partial charge in [-0.3, -0.25) is 9.78 Å². The molecule has 3 aromatic rings. The van der Waals surface area contributed by atoms with Gasteiger partial charge in [-0.25, -0.2) is 4.98 Å². The maximum absolute atomic E-state index is 13.1. The van der Waals surface area contributed by atoms with Gasteiger partial charge in [0, 0.05) is 81.3 Å². The fourth-order valence-corrected chi connectivity index (χ4v) is 5.57. The Bertz CT molecular complexity index is 1140. The average molecular weight is 523 g/mol. The van der Waals surface area contributed by atoms with Gasteiger partial charge in [-0.05, 0) is 68.4 Å². The Morgan fingerprint density at radius 2 is 1.92 bits per heavy atom. The first-order chi connectivity index (χ1) is 17.4. The van der Waals surface area contributed by atoms with Crippen LogP contribution in [0.15, 0.2) is 54.0 Å². The van der Waals surface area contributed by atoms with Gasteiger partial charge in [-0.2, -0.15) is 0 Å². The summed E-state index contributed by atoms with van der Waals surface area (Å²) in [7, 11) is 4.06. The van der Waals surface area contributed by atoms with E-state index in [-0.39, 0.29) is 5.91 Å². The molecule has 9 heteroatoms. The zero-order chi connectivity index (χ0) is 25.5. The molecule has 36 heavy (non-hydrogen) atoms. The number of benzene rings is 1. The molecule has 7 nitrogen and oxygen atoms in total. The Morgan fingerprint density at radius 3 is 2.56 bits per heavy atom. The highest BCUT2D eigenvalue weighted by molar-refractivity contribution is 7.80. The first kappa shape index (κ1) is 26.0. The largest absolute Gasteiger partial charge is 0.378 e. The molecule has 0 atom stereocenters. The first-order valence-electron chi connectivity index (χ1n) is 12.4. The number of nitrogens with one attached hydrogen (secondary N) is 1. The van der Waals surface area contributed by atoms with Crippen molar-refractivity contribution in [1.29, 1.82) is 0 Å². The van der Waals surface area contributed by atoms with Crippen LogP contribution in [0.2, 0.25) is 0 Å². The molecule has 1 aliphatic rings. The van der Waals surface area contributed by atoms with E-state index >= 15 is 0 Å². The maximum atomic E-state index is 13.1. The van der Waals surface area contributed by atoms with Crippen molar-refractivity contribution >= 4 is 45.9 Å². The summed E-state index contributed by atoms with van der Waals surface area (Å²) in [6.45, 7) is 5.05. The van der Waals surface area contributed by atoms with Crippen molar-refractivity contribution < 1.29 is 4.79 Å². The molecular formula is C27H34N6OS2. The number of thiazole rings is 1. The molecule has 1 N–H and O–H groups in total. The highest BCUT2D eigenvalue weighted by Crippen LogP contribution is 2.31. The molecule has 0 saturated carbocycles. The summed E-state index contributed by atoms with van der Waals surface area (Å²) in [4.78, 5) is 28.4. The Balaban J connectivity index is 1.28. The molecule has 1 fully saturated rings. The Morgan fingerprint density at radius 1 is 1.17 bits per heavy atom. The van der Waals surface area contributed by atoms with Crippen LogP contribution in [0.3, 0.4) is 0 Å². The number of thiocarbonyl (C=S) groups is 1. The number of likely N-dealkylation sites (tertiary alicyclic amines) is 1. The number of carbonyl (C=O) groups is 1. The van der Waals surface area contributed by atoms with E-state index in [0.717, 1.165) is 59.5 Å². The van der Waals surface area contributed by atoms with Gasteiger partial charge in [0.2, 0.25) is 0 Å². The molecule has 0 aliphatic carbocycles. The third-order valence-electron chi connectivity index (χ3n) is 6.54. The molecule has 2 aromatic heterocycles. The second-order valence-electron chi connectivity index (χ2n) is 9.16. The second-order valence-corrected chi connectivity index (χ2v) is 10.4. The summed E-state index contributed by atoms with van der Waals surface area (Å²) in [5.74, 6) is 0.359. The van der Waals surface area contributed by atoms with Crippen molar-refractivity contribution in [2.75, 3.05) is 50.5 Å². The number of hydrogen-bond acceptors (Lipinski definition) is 6. The zero-order valence-corrected chi connectivity index (χ0v) is 22.8. The van der Waals surface area contributed by atoms with Gasteiger partial charge in [0.25, 0.3) is 5.91 Å². The number of carbonyl (C=O) groups excluding carboxylic acids is 1. The van der Waals surface area contributed by atoms with Crippen molar-refractivity contribution in [3.8, 4) is 0 Å². The molecule has 1 saturated heterocycles. The van der Waals surface area contributed by atoms with Crippen LogP contribution in [0.25, 0.3) is 0 Å². The summed E-state index contributed by atoms with van der Waals surface area (Å²) in [5, 5.41) is 7.09. The van der Waals surface area contributed by atoms with Crippen LogP contribution in [-0.2, 0) is 6.42 Å². The average Bonchev–Trinajstić information content (AvgIpc) is 3.40. The van der Waals surface area contributed by atoms with Crippen LogP contribution in [0.1, 0.15) is 46.9 Å². The molecule has 1 aliphatic heterocycles. The molecule has 0 bridgehead atoms. The highest BCUT2D eigenvalue weighted by Gasteiger charge is 2.26. The number of piperidine rings is 1. The fraction of sp³-hybridized carbons (Fsp3) is 0.407. The summed E-state index contributed by atoms with van der Waals surface area (Å²) < 4.78 is 0. The van der Waals surface area contributed by atoms with E-state index in [0.29, 0.717) is 24.7 Å². The van der Waals surface area contributed by atoms with Gasteiger partial charge in [0.1, 0.15) is 5.69 Å². The van der Waals surface area contributed by atoms with Crippen LogP contribution in [-0.4, -0.2) is 71.1 Å². The van der Waals surface area contributed by atoms with E-state index in [1.165, 1.54) is 0 Å². The molecule has 3 heterocycles. The van der Waals surface area contributed by atoms with Crippen molar-refractivity contribution in [3.63, 3.8) is 0 Å². The number of aromatic nitrogens is 2. The lowest BCUT2D eigenvalue weighted by Crippen LogP contribution is -2.40. The lowest BCUT2D eigenvalue weighted by molar-refractivity contribution is 0.0760. The first-order valence-corrected chi connectivity index (χ1v) is 13.7. The number of hydrogen-bond donors (Lipinski definition) is 1. The van der Waals surface area contributed by atoms with Crippen LogP contribution in [0, 0.1) is 0 Å². The van der Waals surface area contributed by atoms with Gasteiger partial charge in [-0.15, -0.1) is 11.3 Å². The fourth-order valence-electron chi connectivity index (χ4n) is 4.31. The third kappa shape index (κ3) is 6.59. The van der Waals surface area contributed by atoms with E-state index in [9.17, 15) is 4.79 Å². The van der Waals surface area contributed by atoms with E-state index in [2.05, 4.69) is 44.4 Å². The molecule has 1 amide bonds. The van der Waals surface area contributed by atoms with E-state index < -0.39 is 0 Å². The standard InChI is InChI=1S/C27H34N6OS2/c1-4-32(18-14-21-7-5-6-15-28-21)26(34)24-19-36-25(30-24)20-12-16-33(17-13-20)27(35)29-22-8-10-23(11-9-22)31(2)3/h5-11,15,19-20H,4,12-14,16-18H2,1-3H3,(H,29,35). The van der Waals surface area contributed by atoms with Crippen LogP contribution in [0.4, 0.5) is 11.4 Å². The normalized spacial score (nSPS) is 13.9. The van der Waals surface area contributed by atoms with Gasteiger partial charge in [-0.1, -0.05) is 6.07 Å². The summed E-state index contributed by atoms with van der Waals surface area (Å²) in [6.07, 6.45) is 4.47. The van der Waals surface area contributed by atoms with E-state index in [4.69, 9.17) is 17.2 Å². The molecule has 1 aromatic carbocycles. The van der Waals surface area contributed by atoms with Crippen molar-refractivity contribution in [3.05, 3.63) is 70.4 Å². The number of nitrogens with zero attached hydrogens (tertiary/aromatic N) is 5. The minimum absolute atomic E-state index is 0.000898. The van der Waals surface area contributed by atoms with Gasteiger partial charge in [0.15, 0.2) is 5.11 Å². The zero-order valence-electron chi connectivity index (χ0n) is 21.2. The van der Waals surface area contributed by atoms with Crippen molar-refractivity contribution in [2.24, 2.45) is 0 Å². The second kappa shape index (κ2) is 12.3. The third-order valence-corrected chi connectivity index (χ3v) is 7.91. The Hall–Kier alpha value is -3.04. The molecule has 4 rings (SSSR count). The van der Waals surface area contributed by atoms with Crippen LogP contribution >= 0.6 is 23.6 Å². The molecule has 0 unspecified atom stereocenters. The Kier molecular flexibility index (Phi) is 8.88. The number of rotatable bonds is 8. The van der Waals surface area contributed by atoms with Gasteiger partial charge < -0.3 is 20.0 Å². The Labute approximate surface area is 223 Å². The number of pyridine rings is 1. The van der Waals surface area contributed by atoms with Crippen molar-refractivity contribution in [2.45, 2.75) is 32.1 Å². The number of anilines is 2. The van der Waals surface area contributed by atoms with E-state index in [1.807, 2.05) is 49.5 Å². The van der Waals surface area contributed by atoms with E-state index in [1.54, 1.807) is 17.5 Å². The molecular weight excluding hydrogens is 488 g/mol. The van der Waals surface area contributed by atoms with Gasteiger partial charge in [0.05, 0.1) is 5.01 Å². The highest BCUT2D eigenvalue weighted by atomic mass is 32.1. The SMILES string of the molecule is CCN(CCc1ccccn1)C(=O)c1csc(C2CCN(C(=S)Nc3ccc(N(C)C)cc3)CC2)n1. The predicted octanol–water partition coefficient (Wildman–Crippen LogP) is 4.89. The number of likely N-dealkylation sites (N-methyl/N-ethyl adjacent to an activating group) is 1. The van der Waals surface area contributed by atoms with Crippen molar-refractivity contribution in [1.82, 2.24) is 19.8 Å². The summed E-state index contributed by atoms with van der Waals surface area (Å²) in [6, 6.07) is 14.1. The molecule has 190 valence electrons. The van der Waals surface area contributed by atoms with Crippen LogP contribution < -0.4 is 10.2 Å². The summed E-state index contributed by atoms with van der Waals surface area (Å²) in [5.41, 5.74) is 3.70. The number of amides is 1. The van der Waals surface area contributed by atoms with Crippen LogP contribution in [0.5, 0.6) is 0 Å².